The van der Waals surface area contributed by atoms with Gasteiger partial charge in [0.05, 0.1) is 6.61 Å². The van der Waals surface area contributed by atoms with E-state index in [1.54, 1.807) is 0 Å². The first-order valence-electron chi connectivity index (χ1n) is 5.11. The summed E-state index contributed by atoms with van der Waals surface area (Å²) in [6.07, 6.45) is 2.19. The highest BCUT2D eigenvalue weighted by molar-refractivity contribution is 6.17. The van der Waals surface area contributed by atoms with Crippen LogP contribution >= 0.6 is 11.6 Å². The van der Waals surface area contributed by atoms with Gasteiger partial charge in [0.2, 0.25) is 0 Å². The summed E-state index contributed by atoms with van der Waals surface area (Å²) in [6, 6.07) is 0. The van der Waals surface area contributed by atoms with E-state index in [0.29, 0.717) is 0 Å². The second kappa shape index (κ2) is 10.3. The molecule has 0 unspecified atom stereocenters. The highest BCUT2D eigenvalue weighted by Crippen LogP contribution is 1.98. The maximum absolute atomic E-state index is 5.53. The van der Waals surface area contributed by atoms with Crippen molar-refractivity contribution in [2.24, 2.45) is 5.92 Å². The monoisotopic (exact) mass is 207 g/mol. The van der Waals surface area contributed by atoms with E-state index in [0.717, 1.165) is 50.9 Å². The van der Waals surface area contributed by atoms with Crippen molar-refractivity contribution in [2.75, 3.05) is 32.2 Å². The molecule has 13 heavy (non-hydrogen) atoms. The zero-order valence-electron chi connectivity index (χ0n) is 8.81. The average Bonchev–Trinajstić information content (AvgIpc) is 2.09. The Morgan fingerprint density at radius 2 is 2.00 bits per heavy atom. The first-order valence-corrected chi connectivity index (χ1v) is 5.65. The van der Waals surface area contributed by atoms with Gasteiger partial charge < -0.3 is 10.1 Å². The van der Waals surface area contributed by atoms with Crippen molar-refractivity contribution < 1.29 is 4.74 Å². The van der Waals surface area contributed by atoms with E-state index in [9.17, 15) is 0 Å². The van der Waals surface area contributed by atoms with Gasteiger partial charge >= 0.3 is 0 Å². The van der Waals surface area contributed by atoms with Crippen LogP contribution in [0.15, 0.2) is 0 Å². The summed E-state index contributed by atoms with van der Waals surface area (Å²) >= 11 is 5.53. The average molecular weight is 208 g/mol. The van der Waals surface area contributed by atoms with Gasteiger partial charge in [0, 0.05) is 19.0 Å². The Balaban J connectivity index is 2.84. The summed E-state index contributed by atoms with van der Waals surface area (Å²) in [5.74, 6) is 1.48. The van der Waals surface area contributed by atoms with E-state index in [2.05, 4.69) is 19.2 Å². The molecule has 0 amide bonds. The van der Waals surface area contributed by atoms with Gasteiger partial charge in [0.15, 0.2) is 0 Å². The third kappa shape index (κ3) is 12.2. The molecule has 0 aliphatic heterocycles. The van der Waals surface area contributed by atoms with Crippen molar-refractivity contribution in [1.29, 1.82) is 0 Å². The minimum atomic E-state index is 0.737. The molecule has 0 aromatic carbocycles. The van der Waals surface area contributed by atoms with Crippen LogP contribution in [-0.4, -0.2) is 32.2 Å². The lowest BCUT2D eigenvalue weighted by atomic mass is 10.1. The molecule has 0 aliphatic rings. The topological polar surface area (TPSA) is 21.3 Å². The molecule has 0 heterocycles. The van der Waals surface area contributed by atoms with Gasteiger partial charge in [-0.05, 0) is 25.3 Å². The first-order chi connectivity index (χ1) is 6.27. The Labute approximate surface area is 87.0 Å². The van der Waals surface area contributed by atoms with Crippen molar-refractivity contribution in [3.8, 4) is 0 Å². The largest absolute Gasteiger partial charge is 0.380 e. The smallest absolute Gasteiger partial charge is 0.0590 e. The van der Waals surface area contributed by atoms with Crippen LogP contribution in [0.2, 0.25) is 0 Å². The zero-order chi connectivity index (χ0) is 9.94. The molecule has 0 aromatic rings. The zero-order valence-corrected chi connectivity index (χ0v) is 9.57. The van der Waals surface area contributed by atoms with Crippen molar-refractivity contribution in [3.05, 3.63) is 0 Å². The number of nitrogens with one attached hydrogen (secondary N) is 1. The van der Waals surface area contributed by atoms with Gasteiger partial charge in [-0.25, -0.2) is 0 Å². The summed E-state index contributed by atoms with van der Waals surface area (Å²) in [5.41, 5.74) is 0. The van der Waals surface area contributed by atoms with Crippen LogP contribution < -0.4 is 5.32 Å². The molecule has 2 nitrogen and oxygen atoms in total. The molecule has 0 saturated carbocycles. The standard InChI is InChI=1S/C10H22ClNO/c1-10(2)4-8-13-9-7-12-6-3-5-11/h10,12H,3-9H2,1-2H3. The highest BCUT2D eigenvalue weighted by Gasteiger charge is 1.93. The molecule has 0 aromatic heterocycles. The molecule has 3 heteroatoms. The Hall–Kier alpha value is 0.210. The van der Waals surface area contributed by atoms with Crippen LogP contribution in [0, 0.1) is 5.92 Å². The summed E-state index contributed by atoms with van der Waals surface area (Å²) in [7, 11) is 0. The van der Waals surface area contributed by atoms with Crippen LogP contribution in [0.3, 0.4) is 0 Å². The molecule has 0 fully saturated rings. The summed E-state index contributed by atoms with van der Waals surface area (Å²) in [4.78, 5) is 0. The van der Waals surface area contributed by atoms with E-state index < -0.39 is 0 Å². The van der Waals surface area contributed by atoms with Gasteiger partial charge in [-0.2, -0.15) is 0 Å². The highest BCUT2D eigenvalue weighted by atomic mass is 35.5. The number of alkyl halides is 1. The summed E-state index contributed by atoms with van der Waals surface area (Å²) in [5, 5.41) is 3.26. The van der Waals surface area contributed by atoms with Gasteiger partial charge in [-0.15, -0.1) is 11.6 Å². The fraction of sp³-hybridized carbons (Fsp3) is 1.00. The summed E-state index contributed by atoms with van der Waals surface area (Å²) < 4.78 is 5.43. The molecule has 0 rings (SSSR count). The molecule has 0 aliphatic carbocycles. The van der Waals surface area contributed by atoms with Crippen LogP contribution in [0.1, 0.15) is 26.7 Å². The van der Waals surface area contributed by atoms with Crippen molar-refractivity contribution >= 4 is 11.6 Å². The van der Waals surface area contributed by atoms with Gasteiger partial charge in [0.25, 0.3) is 0 Å². The van der Waals surface area contributed by atoms with Crippen LogP contribution in [0.25, 0.3) is 0 Å². The molecule has 0 atom stereocenters. The predicted molar refractivity (Wildman–Crippen MR) is 58.5 cm³/mol. The molecule has 0 spiro atoms. The number of hydrogen-bond acceptors (Lipinski definition) is 2. The molecular weight excluding hydrogens is 186 g/mol. The maximum Gasteiger partial charge on any atom is 0.0590 e. The fourth-order valence-corrected chi connectivity index (χ4v) is 1.02. The minimum absolute atomic E-state index is 0.737. The lowest BCUT2D eigenvalue weighted by Crippen LogP contribution is -2.21. The van der Waals surface area contributed by atoms with Crippen LogP contribution in [-0.2, 0) is 4.74 Å². The number of ether oxygens (including phenoxy) is 1. The molecule has 0 saturated heterocycles. The van der Waals surface area contributed by atoms with Gasteiger partial charge in [-0.3, -0.25) is 0 Å². The minimum Gasteiger partial charge on any atom is -0.380 e. The van der Waals surface area contributed by atoms with Crippen LogP contribution in [0.5, 0.6) is 0 Å². The van der Waals surface area contributed by atoms with Crippen LogP contribution in [0.4, 0.5) is 0 Å². The molecular formula is C10H22ClNO. The van der Waals surface area contributed by atoms with E-state index in [1.807, 2.05) is 0 Å². The van der Waals surface area contributed by atoms with Crippen molar-refractivity contribution in [3.63, 3.8) is 0 Å². The van der Waals surface area contributed by atoms with E-state index in [-0.39, 0.29) is 0 Å². The van der Waals surface area contributed by atoms with Gasteiger partial charge in [-0.1, -0.05) is 13.8 Å². The van der Waals surface area contributed by atoms with Gasteiger partial charge in [0.1, 0.15) is 0 Å². The first kappa shape index (κ1) is 13.2. The Kier molecular flexibility index (Phi) is 10.5. The van der Waals surface area contributed by atoms with E-state index in [4.69, 9.17) is 16.3 Å². The van der Waals surface area contributed by atoms with E-state index in [1.165, 1.54) is 0 Å². The third-order valence-electron chi connectivity index (χ3n) is 1.75. The number of rotatable bonds is 9. The fourth-order valence-electron chi connectivity index (χ4n) is 0.882. The Morgan fingerprint density at radius 3 is 2.62 bits per heavy atom. The summed E-state index contributed by atoms with van der Waals surface area (Å²) in [6.45, 7) is 8.06. The third-order valence-corrected chi connectivity index (χ3v) is 2.02. The lowest BCUT2D eigenvalue weighted by Gasteiger charge is -2.06. The molecule has 0 bridgehead atoms. The number of halogens is 1. The lowest BCUT2D eigenvalue weighted by molar-refractivity contribution is 0.125. The van der Waals surface area contributed by atoms with Crippen molar-refractivity contribution in [1.82, 2.24) is 5.32 Å². The van der Waals surface area contributed by atoms with E-state index >= 15 is 0 Å². The van der Waals surface area contributed by atoms with Crippen molar-refractivity contribution in [2.45, 2.75) is 26.7 Å². The molecule has 0 radical (unpaired) electrons. The Bertz CT molecular complexity index is 98.9. The maximum atomic E-state index is 5.53. The quantitative estimate of drug-likeness (QED) is 0.463. The molecule has 80 valence electrons. The molecule has 1 N–H and O–H groups in total. The normalized spacial score (nSPS) is 11.1. The second-order valence-electron chi connectivity index (χ2n) is 3.59. The predicted octanol–water partition coefficient (Wildman–Crippen LogP) is 2.27. The Morgan fingerprint density at radius 1 is 1.23 bits per heavy atom. The second-order valence-corrected chi connectivity index (χ2v) is 3.97. The SMILES string of the molecule is CC(C)CCOCCNCCCCl. The number of hydrogen-bond donors (Lipinski definition) is 1.